The number of anilines is 1. The van der Waals surface area contributed by atoms with Gasteiger partial charge in [0.05, 0.1) is 0 Å². The van der Waals surface area contributed by atoms with Gasteiger partial charge in [-0.2, -0.15) is 0 Å². The highest BCUT2D eigenvalue weighted by molar-refractivity contribution is 5.98. The summed E-state index contributed by atoms with van der Waals surface area (Å²) in [6.45, 7) is 5.40. The molecule has 4 aromatic rings. The molecule has 8 N–H and O–H groups in total. The van der Waals surface area contributed by atoms with E-state index < -0.39 is 53.7 Å². The number of alkyl carbamates (subject to hydrolysis) is 1. The summed E-state index contributed by atoms with van der Waals surface area (Å²) in [7, 11) is 0. The lowest BCUT2D eigenvalue weighted by Gasteiger charge is -2.25. The van der Waals surface area contributed by atoms with Crippen molar-refractivity contribution in [1.29, 1.82) is 0 Å². The van der Waals surface area contributed by atoms with Crippen molar-refractivity contribution in [2.45, 2.75) is 58.4 Å². The quantitative estimate of drug-likeness (QED) is 0.0735. The Morgan fingerprint density at radius 1 is 0.865 bits per heavy atom. The van der Waals surface area contributed by atoms with Crippen LogP contribution in [0.4, 0.5) is 15.3 Å². The molecule has 0 bridgehead atoms. The Morgan fingerprint density at radius 3 is 2.23 bits per heavy atom. The third-order valence-electron chi connectivity index (χ3n) is 7.95. The molecule has 0 spiro atoms. The predicted molar refractivity (Wildman–Crippen MR) is 192 cm³/mol. The van der Waals surface area contributed by atoms with E-state index in [-0.39, 0.29) is 43.2 Å². The minimum Gasteiger partial charge on any atom is -0.476 e. The Balaban J connectivity index is 1.44. The standard InChI is InChI=1S/C37H42N6O9/c1-21(2)31(43-37(49)50-20-23-8-5-4-6-9-23)35(47)42-28(10-7-17-40-36(39)48)34(46)41-25-13-11-24(12-14-25)32(33(38)45)51-26-15-16-27-22(3)18-30(44)52-29(27)19-26/h4-6,8-9,11-16,18-19,21,28,31-32H,7,10,17,20H2,1-3H3,(H2,38,45)(H,41,46)(H,42,47)(H,43,49)(H3,39,40,48). The number of aryl methyl sites for hydroxylation is 1. The van der Waals surface area contributed by atoms with Crippen molar-refractivity contribution >= 4 is 46.5 Å². The summed E-state index contributed by atoms with van der Waals surface area (Å²) in [5, 5.41) is 11.2. The topological polar surface area (TPSA) is 234 Å². The highest BCUT2D eigenvalue weighted by Gasteiger charge is 2.29. The number of carbonyl (C=O) groups is 5. The van der Waals surface area contributed by atoms with Gasteiger partial charge in [-0.25, -0.2) is 14.4 Å². The molecule has 3 aromatic carbocycles. The molecule has 4 rings (SSSR count). The number of nitrogens with one attached hydrogen (secondary N) is 4. The zero-order valence-electron chi connectivity index (χ0n) is 29.0. The zero-order valence-corrected chi connectivity index (χ0v) is 29.0. The van der Waals surface area contributed by atoms with Crippen LogP contribution in [0.1, 0.15) is 49.5 Å². The molecule has 3 atom stereocenters. The van der Waals surface area contributed by atoms with Gasteiger partial charge in [0.25, 0.3) is 5.91 Å². The van der Waals surface area contributed by atoms with Crippen LogP contribution < -0.4 is 43.1 Å². The number of amides is 6. The fraction of sp³-hybridized carbons (Fsp3) is 0.297. The van der Waals surface area contributed by atoms with Crippen LogP contribution in [0.15, 0.2) is 88.1 Å². The smallest absolute Gasteiger partial charge is 0.408 e. The molecule has 15 heteroatoms. The van der Waals surface area contributed by atoms with Crippen molar-refractivity contribution in [3.05, 3.63) is 106 Å². The summed E-state index contributed by atoms with van der Waals surface area (Å²) in [6.07, 6.45) is -1.62. The number of nitrogens with two attached hydrogens (primary N) is 2. The lowest BCUT2D eigenvalue weighted by molar-refractivity contribution is -0.128. The highest BCUT2D eigenvalue weighted by Crippen LogP contribution is 2.27. The van der Waals surface area contributed by atoms with Gasteiger partial charge in [-0.15, -0.1) is 0 Å². The molecule has 1 aromatic heterocycles. The van der Waals surface area contributed by atoms with Gasteiger partial charge in [0.1, 0.15) is 30.0 Å². The van der Waals surface area contributed by atoms with Crippen LogP contribution in [0.5, 0.6) is 5.75 Å². The Labute approximate surface area is 299 Å². The first kappa shape index (κ1) is 38.4. The summed E-state index contributed by atoms with van der Waals surface area (Å²) < 4.78 is 16.4. The largest absolute Gasteiger partial charge is 0.476 e. The third-order valence-corrected chi connectivity index (χ3v) is 7.95. The number of rotatable bonds is 16. The Bertz CT molecular complexity index is 1950. The van der Waals surface area contributed by atoms with Crippen LogP contribution in [0.25, 0.3) is 11.0 Å². The molecular weight excluding hydrogens is 672 g/mol. The molecule has 0 aliphatic rings. The van der Waals surface area contributed by atoms with Crippen molar-refractivity contribution in [2.24, 2.45) is 17.4 Å². The summed E-state index contributed by atoms with van der Waals surface area (Å²) in [4.78, 5) is 74.9. The third kappa shape index (κ3) is 11.1. The Morgan fingerprint density at radius 2 is 1.58 bits per heavy atom. The summed E-state index contributed by atoms with van der Waals surface area (Å²) in [5.41, 5.74) is 12.8. The van der Waals surface area contributed by atoms with Crippen LogP contribution in [-0.4, -0.2) is 48.5 Å². The van der Waals surface area contributed by atoms with E-state index in [2.05, 4.69) is 21.3 Å². The van der Waals surface area contributed by atoms with E-state index in [0.717, 1.165) is 11.1 Å². The molecule has 0 radical (unpaired) electrons. The van der Waals surface area contributed by atoms with Gasteiger partial charge in [-0.1, -0.05) is 56.3 Å². The van der Waals surface area contributed by atoms with Crippen molar-refractivity contribution in [2.75, 3.05) is 11.9 Å². The molecule has 0 saturated carbocycles. The lowest BCUT2D eigenvalue weighted by atomic mass is 10.0. The van der Waals surface area contributed by atoms with Gasteiger partial charge in [0.2, 0.25) is 17.9 Å². The normalized spacial score (nSPS) is 12.6. The number of fused-ring (bicyclic) bond motifs is 1. The SMILES string of the molecule is Cc1cc(=O)oc2cc(OC(C(N)=O)c3ccc(NC(=O)C(CCCNC(N)=O)NC(=O)C(NC(=O)OCc4ccccc4)C(C)C)cc3)ccc12. The lowest BCUT2D eigenvalue weighted by Crippen LogP contribution is -2.54. The number of ether oxygens (including phenoxy) is 2. The van der Waals surface area contributed by atoms with Crippen molar-refractivity contribution in [3.63, 3.8) is 0 Å². The summed E-state index contributed by atoms with van der Waals surface area (Å²) in [6, 6.07) is 18.5. The number of benzene rings is 3. The van der Waals surface area contributed by atoms with E-state index in [1.54, 1.807) is 57.2 Å². The molecular formula is C37H42N6O9. The molecule has 1 heterocycles. The first-order valence-electron chi connectivity index (χ1n) is 16.5. The van der Waals surface area contributed by atoms with E-state index in [4.69, 9.17) is 25.4 Å². The highest BCUT2D eigenvalue weighted by atomic mass is 16.5. The number of hydrogen-bond acceptors (Lipinski definition) is 9. The monoisotopic (exact) mass is 714 g/mol. The summed E-state index contributed by atoms with van der Waals surface area (Å²) >= 11 is 0. The number of hydrogen-bond donors (Lipinski definition) is 6. The van der Waals surface area contributed by atoms with E-state index in [9.17, 15) is 28.8 Å². The Hall–Kier alpha value is -6.38. The summed E-state index contributed by atoms with van der Waals surface area (Å²) in [5.74, 6) is -2.10. The Kier molecular flexibility index (Phi) is 13.3. The second-order valence-corrected chi connectivity index (χ2v) is 12.3. The molecule has 0 aliphatic heterocycles. The second kappa shape index (κ2) is 18.0. The zero-order chi connectivity index (χ0) is 37.8. The van der Waals surface area contributed by atoms with Crippen LogP contribution in [0.2, 0.25) is 0 Å². The van der Waals surface area contributed by atoms with Crippen molar-refractivity contribution < 1.29 is 37.9 Å². The van der Waals surface area contributed by atoms with Crippen LogP contribution in [-0.2, 0) is 25.7 Å². The average molecular weight is 715 g/mol. The van der Waals surface area contributed by atoms with Crippen LogP contribution >= 0.6 is 0 Å². The number of urea groups is 1. The van der Waals surface area contributed by atoms with Crippen LogP contribution in [0, 0.1) is 12.8 Å². The maximum absolute atomic E-state index is 13.5. The molecule has 15 nitrogen and oxygen atoms in total. The molecule has 0 fully saturated rings. The number of primary amides is 2. The first-order chi connectivity index (χ1) is 24.8. The maximum atomic E-state index is 13.5. The van der Waals surface area contributed by atoms with Gasteiger partial charge >= 0.3 is 17.7 Å². The van der Waals surface area contributed by atoms with E-state index in [0.29, 0.717) is 16.6 Å². The molecule has 0 saturated heterocycles. The average Bonchev–Trinajstić information content (AvgIpc) is 3.10. The van der Waals surface area contributed by atoms with Crippen molar-refractivity contribution in [3.8, 4) is 5.75 Å². The predicted octanol–water partition coefficient (Wildman–Crippen LogP) is 3.53. The van der Waals surface area contributed by atoms with E-state index >= 15 is 0 Å². The molecule has 3 unspecified atom stereocenters. The molecule has 52 heavy (non-hydrogen) atoms. The minimum atomic E-state index is -1.22. The van der Waals surface area contributed by atoms with E-state index in [1.165, 1.54) is 24.3 Å². The van der Waals surface area contributed by atoms with Gasteiger partial charge in [-0.3, -0.25) is 14.4 Å². The van der Waals surface area contributed by atoms with E-state index in [1.807, 2.05) is 18.2 Å². The second-order valence-electron chi connectivity index (χ2n) is 12.3. The molecule has 274 valence electrons. The fourth-order valence-corrected chi connectivity index (χ4v) is 5.25. The minimum absolute atomic E-state index is 0.00475. The fourth-order valence-electron chi connectivity index (χ4n) is 5.25. The molecule has 0 aliphatic carbocycles. The van der Waals surface area contributed by atoms with Crippen LogP contribution in [0.3, 0.4) is 0 Å². The van der Waals surface area contributed by atoms with Gasteiger partial charge in [-0.05, 0) is 61.1 Å². The molecule has 6 amide bonds. The van der Waals surface area contributed by atoms with Gasteiger partial charge in [0, 0.05) is 35.3 Å². The van der Waals surface area contributed by atoms with Crippen molar-refractivity contribution in [1.82, 2.24) is 16.0 Å². The maximum Gasteiger partial charge on any atom is 0.408 e. The number of carbonyl (C=O) groups excluding carboxylic acids is 5. The van der Waals surface area contributed by atoms with Gasteiger partial charge < -0.3 is 46.6 Å². The first-order valence-corrected chi connectivity index (χ1v) is 16.5. The van der Waals surface area contributed by atoms with Gasteiger partial charge in [0.15, 0.2) is 0 Å².